The summed E-state index contributed by atoms with van der Waals surface area (Å²) in [5, 5.41) is 22.9. The van der Waals surface area contributed by atoms with E-state index in [9.17, 15) is 24.8 Å². The number of aliphatic carboxylic acids is 1. The molecule has 0 aromatic heterocycles. The smallest absolute Gasteiger partial charge is 0.269 e. The van der Waals surface area contributed by atoms with Gasteiger partial charge in [0.15, 0.2) is 6.61 Å². The number of ether oxygens (including phenoxy) is 1. The van der Waals surface area contributed by atoms with Crippen molar-refractivity contribution in [2.45, 2.75) is 13.0 Å². The lowest BCUT2D eigenvalue weighted by atomic mass is 10.3. The SMILES string of the molecule is C[C@@H](NC(=O)COc1ccc([N+](=O)[O-])cc1)C(=O)[O-]. The Morgan fingerprint density at radius 2 is 1.95 bits per heavy atom. The van der Waals surface area contributed by atoms with Gasteiger partial charge in [-0.2, -0.15) is 0 Å². The molecule has 102 valence electrons. The molecule has 1 aromatic carbocycles. The quantitative estimate of drug-likeness (QED) is 0.533. The van der Waals surface area contributed by atoms with Gasteiger partial charge in [0.2, 0.25) is 0 Å². The van der Waals surface area contributed by atoms with Crippen LogP contribution in [0.5, 0.6) is 5.75 Å². The zero-order valence-electron chi connectivity index (χ0n) is 9.99. The van der Waals surface area contributed by atoms with Crippen LogP contribution in [0.25, 0.3) is 0 Å². The number of nitro groups is 1. The monoisotopic (exact) mass is 267 g/mol. The zero-order chi connectivity index (χ0) is 14.4. The Morgan fingerprint density at radius 3 is 2.42 bits per heavy atom. The Morgan fingerprint density at radius 1 is 1.37 bits per heavy atom. The zero-order valence-corrected chi connectivity index (χ0v) is 9.99. The van der Waals surface area contributed by atoms with E-state index in [1.807, 2.05) is 0 Å². The number of carbonyl (C=O) groups excluding carboxylic acids is 2. The van der Waals surface area contributed by atoms with E-state index in [1.54, 1.807) is 0 Å². The summed E-state index contributed by atoms with van der Waals surface area (Å²) in [4.78, 5) is 31.5. The molecule has 1 rings (SSSR count). The van der Waals surface area contributed by atoms with Crippen LogP contribution in [0.15, 0.2) is 24.3 Å². The second-order valence-electron chi connectivity index (χ2n) is 3.65. The van der Waals surface area contributed by atoms with Crippen LogP contribution in [0.4, 0.5) is 5.69 Å². The summed E-state index contributed by atoms with van der Waals surface area (Å²) in [7, 11) is 0. The molecule has 1 aromatic rings. The third-order valence-electron chi connectivity index (χ3n) is 2.15. The van der Waals surface area contributed by atoms with Crippen molar-refractivity contribution < 1.29 is 24.4 Å². The highest BCUT2D eigenvalue weighted by Gasteiger charge is 2.09. The normalized spacial score (nSPS) is 11.4. The van der Waals surface area contributed by atoms with E-state index >= 15 is 0 Å². The van der Waals surface area contributed by atoms with Gasteiger partial charge in [0.1, 0.15) is 5.75 Å². The highest BCUT2D eigenvalue weighted by atomic mass is 16.6. The summed E-state index contributed by atoms with van der Waals surface area (Å²) in [6, 6.07) is 4.03. The van der Waals surface area contributed by atoms with Crippen LogP contribution in [-0.2, 0) is 9.59 Å². The van der Waals surface area contributed by atoms with Gasteiger partial charge in [0.25, 0.3) is 11.6 Å². The number of hydrogen-bond acceptors (Lipinski definition) is 6. The number of hydrogen-bond donors (Lipinski definition) is 1. The summed E-state index contributed by atoms with van der Waals surface area (Å²) in [5.74, 6) is -1.76. The van der Waals surface area contributed by atoms with E-state index < -0.39 is 29.4 Å². The largest absolute Gasteiger partial charge is 0.548 e. The first-order chi connectivity index (χ1) is 8.90. The van der Waals surface area contributed by atoms with Crippen LogP contribution in [0.3, 0.4) is 0 Å². The topological polar surface area (TPSA) is 122 Å². The molecule has 1 N–H and O–H groups in total. The van der Waals surface area contributed by atoms with Crippen molar-refractivity contribution in [1.29, 1.82) is 0 Å². The lowest BCUT2D eigenvalue weighted by Gasteiger charge is -2.14. The van der Waals surface area contributed by atoms with Crippen LogP contribution in [0.2, 0.25) is 0 Å². The molecular formula is C11H11N2O6-. The van der Waals surface area contributed by atoms with Crippen molar-refractivity contribution in [3.63, 3.8) is 0 Å². The van der Waals surface area contributed by atoms with Gasteiger partial charge in [-0.05, 0) is 19.1 Å². The fraction of sp³-hybridized carbons (Fsp3) is 0.273. The number of carboxylic acid groups (broad SMARTS) is 1. The molecule has 0 saturated carbocycles. The summed E-state index contributed by atoms with van der Waals surface area (Å²) < 4.78 is 5.04. The number of rotatable bonds is 6. The molecule has 19 heavy (non-hydrogen) atoms. The lowest BCUT2D eigenvalue weighted by molar-refractivity contribution is -0.384. The van der Waals surface area contributed by atoms with Crippen LogP contribution >= 0.6 is 0 Å². The number of carboxylic acids is 1. The van der Waals surface area contributed by atoms with Gasteiger partial charge in [-0.15, -0.1) is 0 Å². The average molecular weight is 267 g/mol. The first-order valence-corrected chi connectivity index (χ1v) is 5.27. The molecule has 0 unspecified atom stereocenters. The van der Waals surface area contributed by atoms with E-state index in [0.717, 1.165) is 0 Å². The highest BCUT2D eigenvalue weighted by Crippen LogP contribution is 2.16. The van der Waals surface area contributed by atoms with Gasteiger partial charge in [-0.25, -0.2) is 0 Å². The number of nitrogens with zero attached hydrogens (tertiary/aromatic N) is 1. The first-order valence-electron chi connectivity index (χ1n) is 5.27. The predicted molar refractivity (Wildman–Crippen MR) is 61.2 cm³/mol. The molecule has 0 aliphatic rings. The molecule has 1 atom stereocenters. The number of amides is 1. The minimum Gasteiger partial charge on any atom is -0.548 e. The maximum Gasteiger partial charge on any atom is 0.269 e. The minimum atomic E-state index is -1.40. The summed E-state index contributed by atoms with van der Waals surface area (Å²) in [5.41, 5.74) is -0.0950. The van der Waals surface area contributed by atoms with Crippen molar-refractivity contribution in [3.05, 3.63) is 34.4 Å². The third-order valence-corrected chi connectivity index (χ3v) is 2.15. The van der Waals surface area contributed by atoms with Gasteiger partial charge < -0.3 is 20.0 Å². The van der Waals surface area contributed by atoms with Crippen molar-refractivity contribution in [2.24, 2.45) is 0 Å². The molecule has 8 heteroatoms. The second kappa shape index (κ2) is 6.34. The molecule has 0 aliphatic heterocycles. The molecule has 0 heterocycles. The van der Waals surface area contributed by atoms with Crippen molar-refractivity contribution in [1.82, 2.24) is 5.32 Å². The number of nitrogens with one attached hydrogen (secondary N) is 1. The highest BCUT2D eigenvalue weighted by molar-refractivity contribution is 5.83. The molecule has 0 bridgehead atoms. The van der Waals surface area contributed by atoms with Gasteiger partial charge in [0, 0.05) is 12.1 Å². The van der Waals surface area contributed by atoms with Gasteiger partial charge in [-0.1, -0.05) is 0 Å². The number of benzene rings is 1. The van der Waals surface area contributed by atoms with E-state index in [-0.39, 0.29) is 11.4 Å². The maximum atomic E-state index is 11.3. The van der Waals surface area contributed by atoms with E-state index in [2.05, 4.69) is 5.32 Å². The minimum absolute atomic E-state index is 0.0950. The molecular weight excluding hydrogens is 256 g/mol. The van der Waals surface area contributed by atoms with Crippen LogP contribution < -0.4 is 15.2 Å². The van der Waals surface area contributed by atoms with Crippen molar-refractivity contribution in [3.8, 4) is 5.75 Å². The Balaban J connectivity index is 2.46. The fourth-order valence-electron chi connectivity index (χ4n) is 1.16. The van der Waals surface area contributed by atoms with Crippen LogP contribution in [-0.4, -0.2) is 29.4 Å². The lowest BCUT2D eigenvalue weighted by Crippen LogP contribution is -2.47. The van der Waals surface area contributed by atoms with E-state index in [4.69, 9.17) is 4.74 Å². The van der Waals surface area contributed by atoms with Gasteiger partial charge in [0.05, 0.1) is 16.9 Å². The van der Waals surface area contributed by atoms with E-state index in [1.165, 1.54) is 31.2 Å². The summed E-state index contributed by atoms with van der Waals surface area (Å²) >= 11 is 0. The molecule has 0 saturated heterocycles. The number of non-ortho nitro benzene ring substituents is 1. The van der Waals surface area contributed by atoms with Gasteiger partial charge in [-0.3, -0.25) is 14.9 Å². The second-order valence-corrected chi connectivity index (χ2v) is 3.65. The third kappa shape index (κ3) is 4.62. The Kier molecular flexibility index (Phi) is 4.81. The van der Waals surface area contributed by atoms with Gasteiger partial charge >= 0.3 is 0 Å². The van der Waals surface area contributed by atoms with Crippen LogP contribution in [0.1, 0.15) is 6.92 Å². The van der Waals surface area contributed by atoms with Crippen molar-refractivity contribution in [2.75, 3.05) is 6.61 Å². The first kappa shape index (κ1) is 14.4. The average Bonchev–Trinajstić information content (AvgIpc) is 2.36. The van der Waals surface area contributed by atoms with Crippen LogP contribution in [0, 0.1) is 10.1 Å². The maximum absolute atomic E-state index is 11.3. The predicted octanol–water partition coefficient (Wildman–Crippen LogP) is -0.772. The Labute approximate surface area is 108 Å². The fourth-order valence-corrected chi connectivity index (χ4v) is 1.16. The Bertz CT molecular complexity index is 484. The molecule has 0 radical (unpaired) electrons. The standard InChI is InChI=1S/C11H12N2O6/c1-7(11(15)16)12-10(14)6-19-9-4-2-8(3-5-9)13(17)18/h2-5,7H,6H2,1H3,(H,12,14)(H,15,16)/p-1/t7-/m1/s1. The van der Waals surface area contributed by atoms with E-state index in [0.29, 0.717) is 0 Å². The molecule has 0 fully saturated rings. The molecule has 1 amide bonds. The Hall–Kier alpha value is -2.64. The number of nitro benzene ring substituents is 1. The molecule has 0 spiro atoms. The summed E-state index contributed by atoms with van der Waals surface area (Å²) in [6.45, 7) is 0.870. The number of carbonyl (C=O) groups is 2. The summed E-state index contributed by atoms with van der Waals surface area (Å²) in [6.07, 6.45) is 0. The van der Waals surface area contributed by atoms with Crippen molar-refractivity contribution >= 4 is 17.6 Å². The molecule has 8 nitrogen and oxygen atoms in total. The molecule has 0 aliphatic carbocycles.